The van der Waals surface area contributed by atoms with Crippen LogP contribution in [0.4, 0.5) is 11.8 Å². The first kappa shape index (κ1) is 13.7. The number of hydrogen-bond donors (Lipinski definition) is 2. The predicted molar refractivity (Wildman–Crippen MR) is 71.6 cm³/mol. The van der Waals surface area contributed by atoms with Crippen molar-refractivity contribution in [2.45, 2.75) is 32.7 Å². The van der Waals surface area contributed by atoms with Gasteiger partial charge in [0.1, 0.15) is 23.5 Å². The number of nitrogens with one attached hydrogen (secondary N) is 1. The zero-order valence-electron chi connectivity index (χ0n) is 11.5. The molecule has 8 nitrogen and oxygen atoms in total. The molecular weight excluding hydrogens is 258 g/mol. The van der Waals surface area contributed by atoms with E-state index in [1.165, 1.54) is 6.20 Å². The summed E-state index contributed by atoms with van der Waals surface area (Å²) in [7, 11) is 0. The highest BCUT2D eigenvalue weighted by Crippen LogP contribution is 2.18. The molecule has 0 aliphatic heterocycles. The number of rotatable bonds is 4. The van der Waals surface area contributed by atoms with E-state index in [1.54, 1.807) is 0 Å². The standard InChI is InChI=1S/C12H15N7O/c1-6(2)10-18-11(20-19-10)7(3)16-12-15-5-8(4-13)9(14)17-12/h5-7H,1-3H3,(H3,14,15,16,17). The molecule has 0 saturated carbocycles. The van der Waals surface area contributed by atoms with E-state index in [-0.39, 0.29) is 23.3 Å². The molecule has 0 aliphatic rings. The Morgan fingerprint density at radius 1 is 1.35 bits per heavy atom. The molecule has 0 spiro atoms. The van der Waals surface area contributed by atoms with Gasteiger partial charge in [0.15, 0.2) is 5.82 Å². The summed E-state index contributed by atoms with van der Waals surface area (Å²) in [6.45, 7) is 5.81. The maximum Gasteiger partial charge on any atom is 0.248 e. The minimum absolute atomic E-state index is 0.130. The van der Waals surface area contributed by atoms with Gasteiger partial charge in [-0.2, -0.15) is 15.2 Å². The van der Waals surface area contributed by atoms with Crippen molar-refractivity contribution in [3.63, 3.8) is 0 Å². The number of nitrogens with zero attached hydrogens (tertiary/aromatic N) is 5. The van der Waals surface area contributed by atoms with E-state index in [4.69, 9.17) is 15.5 Å². The fourth-order valence-electron chi connectivity index (χ4n) is 1.46. The summed E-state index contributed by atoms with van der Waals surface area (Å²) < 4.78 is 5.17. The van der Waals surface area contributed by atoms with Crippen LogP contribution in [0.5, 0.6) is 0 Å². The van der Waals surface area contributed by atoms with E-state index in [9.17, 15) is 0 Å². The Labute approximate surface area is 116 Å². The summed E-state index contributed by atoms with van der Waals surface area (Å²) in [6.07, 6.45) is 1.37. The molecule has 2 aromatic heterocycles. The van der Waals surface area contributed by atoms with Crippen molar-refractivity contribution < 1.29 is 4.52 Å². The average molecular weight is 273 g/mol. The van der Waals surface area contributed by atoms with Gasteiger partial charge in [0.2, 0.25) is 11.8 Å². The van der Waals surface area contributed by atoms with Crippen LogP contribution < -0.4 is 11.1 Å². The molecule has 2 aromatic rings. The summed E-state index contributed by atoms with van der Waals surface area (Å²) in [6, 6.07) is 1.64. The lowest BCUT2D eigenvalue weighted by atomic mass is 10.2. The van der Waals surface area contributed by atoms with Crippen LogP contribution in [0.25, 0.3) is 0 Å². The molecule has 20 heavy (non-hydrogen) atoms. The molecule has 8 heteroatoms. The van der Waals surface area contributed by atoms with E-state index < -0.39 is 0 Å². The highest BCUT2D eigenvalue weighted by molar-refractivity contribution is 5.49. The molecule has 3 N–H and O–H groups in total. The number of nitrogen functional groups attached to an aromatic ring is 1. The van der Waals surface area contributed by atoms with Crippen LogP contribution in [0.1, 0.15) is 50.0 Å². The summed E-state index contributed by atoms with van der Waals surface area (Å²) in [4.78, 5) is 12.3. The lowest BCUT2D eigenvalue weighted by molar-refractivity contribution is 0.361. The second-order valence-electron chi connectivity index (χ2n) is 4.62. The predicted octanol–water partition coefficient (Wildman–Crippen LogP) is 1.61. The van der Waals surface area contributed by atoms with Crippen molar-refractivity contribution in [2.75, 3.05) is 11.1 Å². The van der Waals surface area contributed by atoms with Crippen molar-refractivity contribution >= 4 is 11.8 Å². The Morgan fingerprint density at radius 3 is 2.65 bits per heavy atom. The van der Waals surface area contributed by atoms with Gasteiger partial charge in [-0.15, -0.1) is 0 Å². The largest absolute Gasteiger partial charge is 0.382 e. The van der Waals surface area contributed by atoms with Crippen LogP contribution in [-0.4, -0.2) is 20.1 Å². The van der Waals surface area contributed by atoms with Gasteiger partial charge in [-0.3, -0.25) is 0 Å². The summed E-state index contributed by atoms with van der Waals surface area (Å²) in [5, 5.41) is 15.6. The first-order valence-corrected chi connectivity index (χ1v) is 6.14. The van der Waals surface area contributed by atoms with Crippen LogP contribution >= 0.6 is 0 Å². The third-order valence-corrected chi connectivity index (χ3v) is 2.63. The fraction of sp³-hybridized carbons (Fsp3) is 0.417. The van der Waals surface area contributed by atoms with E-state index in [1.807, 2.05) is 26.8 Å². The number of nitrogens with two attached hydrogens (primary N) is 1. The normalized spacial score (nSPS) is 12.2. The van der Waals surface area contributed by atoms with Crippen molar-refractivity contribution in [2.24, 2.45) is 0 Å². The van der Waals surface area contributed by atoms with Crippen LogP contribution in [0.2, 0.25) is 0 Å². The molecule has 0 fully saturated rings. The van der Waals surface area contributed by atoms with Crippen LogP contribution in [0, 0.1) is 11.3 Å². The highest BCUT2D eigenvalue weighted by atomic mass is 16.5. The number of anilines is 2. The van der Waals surface area contributed by atoms with E-state index in [0.29, 0.717) is 17.7 Å². The molecule has 104 valence electrons. The first-order chi connectivity index (χ1) is 9.51. The molecular formula is C12H15N7O. The minimum atomic E-state index is -0.262. The molecule has 1 atom stereocenters. The van der Waals surface area contributed by atoms with Crippen molar-refractivity contribution in [1.82, 2.24) is 20.1 Å². The first-order valence-electron chi connectivity index (χ1n) is 6.14. The van der Waals surface area contributed by atoms with Gasteiger partial charge in [0.05, 0.1) is 6.20 Å². The second kappa shape index (κ2) is 5.52. The molecule has 0 bridgehead atoms. The van der Waals surface area contributed by atoms with Gasteiger partial charge < -0.3 is 15.6 Å². The fourth-order valence-corrected chi connectivity index (χ4v) is 1.46. The summed E-state index contributed by atoms with van der Waals surface area (Å²) in [5.74, 6) is 1.72. The maximum absolute atomic E-state index is 8.76. The maximum atomic E-state index is 8.76. The topological polar surface area (TPSA) is 127 Å². The van der Waals surface area contributed by atoms with E-state index >= 15 is 0 Å². The molecule has 0 aromatic carbocycles. The molecule has 0 aliphatic carbocycles. The smallest absolute Gasteiger partial charge is 0.248 e. The van der Waals surface area contributed by atoms with Crippen molar-refractivity contribution in [3.05, 3.63) is 23.5 Å². The molecule has 2 rings (SSSR count). The molecule has 0 radical (unpaired) electrons. The van der Waals surface area contributed by atoms with Crippen LogP contribution in [-0.2, 0) is 0 Å². The van der Waals surface area contributed by atoms with Gasteiger partial charge in [0.25, 0.3) is 0 Å². The van der Waals surface area contributed by atoms with Crippen molar-refractivity contribution in [1.29, 1.82) is 5.26 Å². The molecule has 0 amide bonds. The quantitative estimate of drug-likeness (QED) is 0.860. The van der Waals surface area contributed by atoms with Gasteiger partial charge in [-0.25, -0.2) is 4.98 Å². The van der Waals surface area contributed by atoms with E-state index in [2.05, 4.69) is 25.4 Å². The summed E-state index contributed by atoms with van der Waals surface area (Å²) >= 11 is 0. The zero-order valence-corrected chi connectivity index (χ0v) is 11.5. The Morgan fingerprint density at radius 2 is 2.10 bits per heavy atom. The lowest BCUT2D eigenvalue weighted by Gasteiger charge is -2.09. The third-order valence-electron chi connectivity index (χ3n) is 2.63. The molecule has 0 saturated heterocycles. The van der Waals surface area contributed by atoms with Crippen molar-refractivity contribution in [3.8, 4) is 6.07 Å². The Bertz CT molecular complexity index is 643. The Hall–Kier alpha value is -2.69. The lowest BCUT2D eigenvalue weighted by Crippen LogP contribution is -2.11. The Balaban J connectivity index is 2.12. The van der Waals surface area contributed by atoms with Gasteiger partial charge in [-0.05, 0) is 6.92 Å². The Kier molecular flexibility index (Phi) is 3.79. The molecule has 2 heterocycles. The van der Waals surface area contributed by atoms with Gasteiger partial charge in [0, 0.05) is 5.92 Å². The zero-order chi connectivity index (χ0) is 14.7. The van der Waals surface area contributed by atoms with Crippen LogP contribution in [0.3, 0.4) is 0 Å². The highest BCUT2D eigenvalue weighted by Gasteiger charge is 2.17. The average Bonchev–Trinajstić information content (AvgIpc) is 2.88. The monoisotopic (exact) mass is 273 g/mol. The molecule has 1 unspecified atom stereocenters. The second-order valence-corrected chi connectivity index (χ2v) is 4.62. The number of nitriles is 1. The number of aromatic nitrogens is 4. The van der Waals surface area contributed by atoms with E-state index in [0.717, 1.165) is 0 Å². The van der Waals surface area contributed by atoms with Gasteiger partial charge in [-0.1, -0.05) is 19.0 Å². The van der Waals surface area contributed by atoms with Crippen LogP contribution in [0.15, 0.2) is 10.7 Å². The minimum Gasteiger partial charge on any atom is -0.382 e. The third kappa shape index (κ3) is 2.83. The number of hydrogen-bond acceptors (Lipinski definition) is 8. The van der Waals surface area contributed by atoms with Gasteiger partial charge >= 0.3 is 0 Å². The SMILES string of the molecule is CC(C)c1noc(C(C)Nc2ncc(C#N)c(N)n2)n1. The summed E-state index contributed by atoms with van der Waals surface area (Å²) in [5.41, 5.74) is 5.86.